The van der Waals surface area contributed by atoms with E-state index in [0.29, 0.717) is 24.0 Å². The van der Waals surface area contributed by atoms with E-state index in [2.05, 4.69) is 0 Å². The molecule has 0 atom stereocenters. The fourth-order valence-electron chi connectivity index (χ4n) is 2.66. The Bertz CT molecular complexity index is 639. The molecular formula is C14H11Cl2NO3. The summed E-state index contributed by atoms with van der Waals surface area (Å²) in [5.41, 5.74) is 1.33. The third-order valence-corrected chi connectivity index (χ3v) is 4.25. The zero-order valence-corrected chi connectivity index (χ0v) is 12.0. The van der Waals surface area contributed by atoms with Crippen LogP contribution in [0.2, 0.25) is 10.0 Å². The molecule has 1 heterocycles. The average Bonchev–Trinajstić information content (AvgIpc) is 2.68. The van der Waals surface area contributed by atoms with Crippen LogP contribution < -0.4 is 4.90 Å². The largest absolute Gasteiger partial charge is 0.506 e. The van der Waals surface area contributed by atoms with Gasteiger partial charge in [0.2, 0.25) is 0 Å². The van der Waals surface area contributed by atoms with E-state index >= 15 is 0 Å². The van der Waals surface area contributed by atoms with Crippen LogP contribution in [0.5, 0.6) is 5.75 Å². The van der Waals surface area contributed by atoms with E-state index < -0.39 is 0 Å². The van der Waals surface area contributed by atoms with Crippen LogP contribution in [0.3, 0.4) is 0 Å². The number of nitrogens with zero attached hydrogens (tertiary/aromatic N) is 1. The fraction of sp³-hybridized carbons (Fsp3) is 0.286. The van der Waals surface area contributed by atoms with Crippen molar-refractivity contribution < 1.29 is 14.7 Å². The maximum Gasteiger partial charge on any atom is 0.261 e. The van der Waals surface area contributed by atoms with Crippen LogP contribution in [0.4, 0.5) is 5.69 Å². The molecule has 1 aliphatic carbocycles. The van der Waals surface area contributed by atoms with Gasteiger partial charge in [-0.15, -0.1) is 0 Å². The van der Waals surface area contributed by atoms with E-state index in [0.717, 1.165) is 17.7 Å². The summed E-state index contributed by atoms with van der Waals surface area (Å²) in [7, 11) is 0. The number of benzene rings is 1. The molecule has 1 aromatic carbocycles. The van der Waals surface area contributed by atoms with Crippen molar-refractivity contribution in [2.24, 2.45) is 0 Å². The molecule has 0 saturated carbocycles. The average molecular weight is 312 g/mol. The van der Waals surface area contributed by atoms with E-state index in [9.17, 15) is 14.7 Å². The number of anilines is 1. The van der Waals surface area contributed by atoms with E-state index in [1.165, 1.54) is 12.1 Å². The fourth-order valence-corrected chi connectivity index (χ4v) is 3.12. The number of phenolic OH excluding ortho intramolecular Hbond substituents is 1. The standard InChI is InChI=1S/C14H11Cl2NO3/c15-9-5-10(16)12(18)6-11(9)17-13(19)7-3-1-2-4-8(7)14(17)20/h5-6,18H,1-4H2. The first-order valence-corrected chi connectivity index (χ1v) is 7.05. The second-order valence-corrected chi connectivity index (χ2v) is 5.68. The SMILES string of the molecule is O=C1C2=C(CCCC2)C(=O)N1c1cc(O)c(Cl)cc1Cl. The highest BCUT2D eigenvalue weighted by Gasteiger charge is 2.40. The predicted molar refractivity (Wildman–Crippen MR) is 76.1 cm³/mol. The Kier molecular flexibility index (Phi) is 3.22. The number of imide groups is 1. The van der Waals surface area contributed by atoms with Crippen LogP contribution in [-0.2, 0) is 9.59 Å². The first-order chi connectivity index (χ1) is 9.50. The lowest BCUT2D eigenvalue weighted by atomic mass is 9.93. The van der Waals surface area contributed by atoms with E-state index in [-0.39, 0.29) is 33.3 Å². The van der Waals surface area contributed by atoms with Gasteiger partial charge in [0, 0.05) is 17.2 Å². The van der Waals surface area contributed by atoms with Crippen molar-refractivity contribution in [1.29, 1.82) is 0 Å². The molecule has 104 valence electrons. The Morgan fingerprint density at radius 2 is 1.50 bits per heavy atom. The van der Waals surface area contributed by atoms with Crippen LogP contribution >= 0.6 is 23.2 Å². The smallest absolute Gasteiger partial charge is 0.261 e. The molecule has 0 bridgehead atoms. The predicted octanol–water partition coefficient (Wildman–Crippen LogP) is 3.44. The first-order valence-electron chi connectivity index (χ1n) is 6.29. The van der Waals surface area contributed by atoms with Gasteiger partial charge in [-0.2, -0.15) is 0 Å². The number of carbonyl (C=O) groups is 2. The topological polar surface area (TPSA) is 57.6 Å². The molecule has 6 heteroatoms. The Morgan fingerprint density at radius 3 is 2.05 bits per heavy atom. The van der Waals surface area contributed by atoms with Gasteiger partial charge in [-0.05, 0) is 31.7 Å². The van der Waals surface area contributed by atoms with Gasteiger partial charge in [0.15, 0.2) is 0 Å². The van der Waals surface area contributed by atoms with E-state index in [1.807, 2.05) is 0 Å². The normalized spacial score (nSPS) is 18.8. The summed E-state index contributed by atoms with van der Waals surface area (Å²) in [5, 5.41) is 9.90. The molecule has 0 saturated heterocycles. The summed E-state index contributed by atoms with van der Waals surface area (Å²) < 4.78 is 0. The minimum atomic E-state index is -0.340. The summed E-state index contributed by atoms with van der Waals surface area (Å²) in [6, 6.07) is 2.57. The summed E-state index contributed by atoms with van der Waals surface area (Å²) in [4.78, 5) is 25.8. The molecule has 0 radical (unpaired) electrons. The van der Waals surface area contributed by atoms with Crippen LogP contribution in [0.1, 0.15) is 25.7 Å². The number of halogens is 2. The Morgan fingerprint density at radius 1 is 0.950 bits per heavy atom. The van der Waals surface area contributed by atoms with E-state index in [1.54, 1.807) is 0 Å². The number of rotatable bonds is 1. The molecule has 4 nitrogen and oxygen atoms in total. The molecule has 2 amide bonds. The highest BCUT2D eigenvalue weighted by molar-refractivity contribution is 6.41. The summed E-state index contributed by atoms with van der Waals surface area (Å²) >= 11 is 11.8. The van der Waals surface area contributed by atoms with Gasteiger partial charge in [-0.25, -0.2) is 4.90 Å². The number of aromatic hydroxyl groups is 1. The molecule has 3 rings (SSSR count). The lowest BCUT2D eigenvalue weighted by Gasteiger charge is -2.17. The molecule has 2 aliphatic rings. The van der Waals surface area contributed by atoms with Gasteiger partial charge < -0.3 is 5.11 Å². The lowest BCUT2D eigenvalue weighted by Crippen LogP contribution is -2.31. The second kappa shape index (κ2) is 4.79. The van der Waals surface area contributed by atoms with Crippen LogP contribution in [0.25, 0.3) is 0 Å². The Labute approximate surface area is 125 Å². The van der Waals surface area contributed by atoms with Crippen molar-refractivity contribution >= 4 is 40.7 Å². The van der Waals surface area contributed by atoms with Crippen LogP contribution in [0.15, 0.2) is 23.3 Å². The van der Waals surface area contributed by atoms with Gasteiger partial charge in [0.1, 0.15) is 5.75 Å². The van der Waals surface area contributed by atoms with Gasteiger partial charge in [0.25, 0.3) is 11.8 Å². The molecule has 1 aliphatic heterocycles. The Balaban J connectivity index is 2.07. The van der Waals surface area contributed by atoms with Crippen LogP contribution in [0, 0.1) is 0 Å². The lowest BCUT2D eigenvalue weighted by molar-refractivity contribution is -0.120. The second-order valence-electron chi connectivity index (χ2n) is 4.86. The van der Waals surface area contributed by atoms with Gasteiger partial charge >= 0.3 is 0 Å². The van der Waals surface area contributed by atoms with Crippen molar-refractivity contribution in [3.8, 4) is 5.75 Å². The summed E-state index contributed by atoms with van der Waals surface area (Å²) in [6.07, 6.45) is 3.05. The highest BCUT2D eigenvalue weighted by Crippen LogP contribution is 2.41. The van der Waals surface area contributed by atoms with Crippen molar-refractivity contribution in [2.75, 3.05) is 4.90 Å². The monoisotopic (exact) mass is 311 g/mol. The maximum atomic E-state index is 12.4. The van der Waals surface area contributed by atoms with Crippen molar-refractivity contribution in [1.82, 2.24) is 0 Å². The number of hydrogen-bond donors (Lipinski definition) is 1. The third kappa shape index (κ3) is 1.91. The van der Waals surface area contributed by atoms with Gasteiger partial charge in [-0.1, -0.05) is 23.2 Å². The van der Waals surface area contributed by atoms with E-state index in [4.69, 9.17) is 23.2 Å². The number of amides is 2. The molecule has 0 aromatic heterocycles. The zero-order valence-electron chi connectivity index (χ0n) is 10.4. The third-order valence-electron chi connectivity index (χ3n) is 3.65. The zero-order chi connectivity index (χ0) is 14.4. The summed E-state index contributed by atoms with van der Waals surface area (Å²) in [5.74, 6) is -0.891. The van der Waals surface area contributed by atoms with Gasteiger partial charge in [-0.3, -0.25) is 9.59 Å². The molecule has 0 spiro atoms. The minimum Gasteiger partial charge on any atom is -0.506 e. The van der Waals surface area contributed by atoms with Crippen molar-refractivity contribution in [3.63, 3.8) is 0 Å². The minimum absolute atomic E-state index is 0.0792. The molecule has 1 N–H and O–H groups in total. The molecule has 20 heavy (non-hydrogen) atoms. The molecule has 0 fully saturated rings. The van der Waals surface area contributed by atoms with Gasteiger partial charge in [0.05, 0.1) is 15.7 Å². The molecule has 1 aromatic rings. The highest BCUT2D eigenvalue weighted by atomic mass is 35.5. The maximum absolute atomic E-state index is 12.4. The Hall–Kier alpha value is -1.52. The number of phenols is 1. The van der Waals surface area contributed by atoms with Crippen LogP contribution in [-0.4, -0.2) is 16.9 Å². The summed E-state index contributed by atoms with van der Waals surface area (Å²) in [6.45, 7) is 0. The number of hydrogen-bond acceptors (Lipinski definition) is 3. The number of carbonyl (C=O) groups excluding carboxylic acids is 2. The molecule has 0 unspecified atom stereocenters. The quantitative estimate of drug-likeness (QED) is 0.808. The van der Waals surface area contributed by atoms with Crippen molar-refractivity contribution in [3.05, 3.63) is 33.3 Å². The van der Waals surface area contributed by atoms with Crippen molar-refractivity contribution in [2.45, 2.75) is 25.7 Å². The first kappa shape index (κ1) is 13.5. The molecular weight excluding hydrogens is 301 g/mol.